The lowest BCUT2D eigenvalue weighted by Crippen LogP contribution is -2.28. The number of hydrogen-bond acceptors (Lipinski definition) is 1. The van der Waals surface area contributed by atoms with Gasteiger partial charge in [0, 0.05) is 24.0 Å². The third-order valence-electron chi connectivity index (χ3n) is 4.48. The first kappa shape index (κ1) is 18.0. The Morgan fingerprint density at radius 1 is 1.12 bits per heavy atom. The smallest absolute Gasteiger partial charge is 0.341 e. The molecule has 2 aromatic carbocycles. The van der Waals surface area contributed by atoms with Crippen LogP contribution in [0.15, 0.2) is 53.0 Å². The van der Waals surface area contributed by atoms with Crippen LogP contribution in [-0.2, 0) is 17.5 Å². The highest BCUT2D eigenvalue weighted by atomic mass is 79.9. The number of benzene rings is 2. The van der Waals surface area contributed by atoms with E-state index in [1.807, 2.05) is 24.3 Å². The molecule has 3 rings (SSSR count). The Kier molecular flexibility index (Phi) is 4.91. The van der Waals surface area contributed by atoms with Crippen molar-refractivity contribution in [2.45, 2.75) is 25.1 Å². The molecule has 0 radical (unpaired) electrons. The zero-order valence-electron chi connectivity index (χ0n) is 13.6. The van der Waals surface area contributed by atoms with E-state index in [1.165, 1.54) is 12.1 Å². The van der Waals surface area contributed by atoms with E-state index in [-0.39, 0.29) is 17.7 Å². The van der Waals surface area contributed by atoms with Gasteiger partial charge in [-0.05, 0) is 47.7 Å². The highest BCUT2D eigenvalue weighted by Crippen LogP contribution is 2.48. The molecule has 25 heavy (non-hydrogen) atoms. The molecule has 1 fully saturated rings. The lowest BCUT2D eigenvalue weighted by molar-refractivity contribution is -0.137. The molecule has 132 valence electrons. The van der Waals surface area contributed by atoms with E-state index in [1.54, 1.807) is 11.9 Å². The van der Waals surface area contributed by atoms with E-state index in [0.29, 0.717) is 13.0 Å². The van der Waals surface area contributed by atoms with Crippen molar-refractivity contribution >= 4 is 21.8 Å². The Bertz CT molecular complexity index is 756. The first-order valence-electron chi connectivity index (χ1n) is 7.92. The average molecular weight is 412 g/mol. The van der Waals surface area contributed by atoms with Crippen molar-refractivity contribution in [1.82, 2.24) is 4.90 Å². The lowest BCUT2D eigenvalue weighted by Gasteiger charge is -2.17. The summed E-state index contributed by atoms with van der Waals surface area (Å²) in [5, 5.41) is 0. The number of halogens is 4. The molecule has 0 N–H and O–H groups in total. The van der Waals surface area contributed by atoms with Crippen LogP contribution in [0.2, 0.25) is 0 Å². The summed E-state index contributed by atoms with van der Waals surface area (Å²) >= 11 is 3.37. The van der Waals surface area contributed by atoms with Gasteiger partial charge in [0.15, 0.2) is 0 Å². The maximum atomic E-state index is 12.6. The molecule has 2 nitrogen and oxygen atoms in total. The number of carbonyl (C=O) groups excluding carboxylic acids is 1. The highest BCUT2D eigenvalue weighted by molar-refractivity contribution is 9.10. The summed E-state index contributed by atoms with van der Waals surface area (Å²) in [6, 6.07) is 12.9. The second-order valence-electron chi connectivity index (χ2n) is 6.39. The molecule has 1 saturated carbocycles. The summed E-state index contributed by atoms with van der Waals surface area (Å²) in [6.07, 6.45) is -3.64. The number of nitrogens with zero attached hydrogens (tertiary/aromatic N) is 1. The van der Waals surface area contributed by atoms with Crippen molar-refractivity contribution in [3.8, 4) is 0 Å². The van der Waals surface area contributed by atoms with Crippen molar-refractivity contribution in [2.24, 2.45) is 5.92 Å². The van der Waals surface area contributed by atoms with Crippen molar-refractivity contribution in [3.05, 3.63) is 69.7 Å². The molecular weight excluding hydrogens is 395 g/mol. The van der Waals surface area contributed by atoms with Gasteiger partial charge in [-0.15, -0.1) is 0 Å². The van der Waals surface area contributed by atoms with E-state index in [2.05, 4.69) is 15.9 Å². The van der Waals surface area contributed by atoms with Gasteiger partial charge < -0.3 is 4.90 Å². The Balaban J connectivity index is 1.60. The lowest BCUT2D eigenvalue weighted by atomic mass is 10.1. The fourth-order valence-corrected chi connectivity index (χ4v) is 3.24. The molecule has 0 spiro atoms. The van der Waals surface area contributed by atoms with Crippen LogP contribution >= 0.6 is 15.9 Å². The Labute approximate surface area is 152 Å². The van der Waals surface area contributed by atoms with E-state index in [0.717, 1.165) is 27.7 Å². The fourth-order valence-electron chi connectivity index (χ4n) is 2.98. The minimum Gasteiger partial charge on any atom is -0.341 e. The van der Waals surface area contributed by atoms with Crippen LogP contribution in [0.4, 0.5) is 13.2 Å². The Hall–Kier alpha value is -1.82. The first-order chi connectivity index (χ1) is 11.8. The van der Waals surface area contributed by atoms with Gasteiger partial charge in [0.05, 0.1) is 5.56 Å². The van der Waals surface area contributed by atoms with E-state index in [9.17, 15) is 18.0 Å². The molecule has 1 amide bonds. The summed E-state index contributed by atoms with van der Waals surface area (Å²) in [4.78, 5) is 14.2. The topological polar surface area (TPSA) is 20.3 Å². The minimum atomic E-state index is -4.33. The maximum Gasteiger partial charge on any atom is 0.416 e. The molecular formula is C19H17BrF3NO. The van der Waals surface area contributed by atoms with Crippen LogP contribution in [-0.4, -0.2) is 17.9 Å². The Morgan fingerprint density at radius 2 is 1.72 bits per heavy atom. The highest BCUT2D eigenvalue weighted by Gasteiger charge is 2.45. The molecule has 1 aliphatic rings. The van der Waals surface area contributed by atoms with E-state index < -0.39 is 11.7 Å². The first-order valence-corrected chi connectivity index (χ1v) is 8.71. The maximum absolute atomic E-state index is 12.6. The summed E-state index contributed by atoms with van der Waals surface area (Å²) in [5.74, 6) is -0.0906. The van der Waals surface area contributed by atoms with Crippen molar-refractivity contribution < 1.29 is 18.0 Å². The molecule has 0 bridgehead atoms. The zero-order valence-corrected chi connectivity index (χ0v) is 15.1. The molecule has 0 aliphatic heterocycles. The predicted molar refractivity (Wildman–Crippen MR) is 92.9 cm³/mol. The monoisotopic (exact) mass is 411 g/mol. The van der Waals surface area contributed by atoms with Crippen molar-refractivity contribution in [1.29, 1.82) is 0 Å². The number of amides is 1. The summed E-state index contributed by atoms with van der Waals surface area (Å²) in [7, 11) is 1.76. The van der Waals surface area contributed by atoms with Crippen LogP contribution in [0.1, 0.15) is 29.0 Å². The molecule has 0 heterocycles. The van der Waals surface area contributed by atoms with Crippen LogP contribution in [0.5, 0.6) is 0 Å². The molecule has 0 saturated heterocycles. The van der Waals surface area contributed by atoms with E-state index in [4.69, 9.17) is 0 Å². The summed E-state index contributed by atoms with van der Waals surface area (Å²) < 4.78 is 38.8. The van der Waals surface area contributed by atoms with Gasteiger partial charge in [-0.3, -0.25) is 4.79 Å². The molecule has 1 aliphatic carbocycles. The number of carbonyl (C=O) groups is 1. The number of rotatable bonds is 4. The molecule has 2 unspecified atom stereocenters. The molecule has 2 aromatic rings. The average Bonchev–Trinajstić information content (AvgIpc) is 3.36. The summed E-state index contributed by atoms with van der Waals surface area (Å²) in [6.45, 7) is 0.516. The number of hydrogen-bond donors (Lipinski definition) is 0. The number of alkyl halides is 3. The second kappa shape index (κ2) is 6.83. The molecule has 0 aromatic heterocycles. The van der Waals surface area contributed by atoms with Crippen molar-refractivity contribution in [3.63, 3.8) is 0 Å². The fraction of sp³-hybridized carbons (Fsp3) is 0.316. The normalized spacial score (nSPS) is 19.6. The van der Waals surface area contributed by atoms with E-state index >= 15 is 0 Å². The standard InChI is InChI=1S/C19H17BrF3NO/c1-24(11-12-2-8-15(20)9-3-12)18(25)17-10-16(17)13-4-6-14(7-5-13)19(21,22)23/h2-9,16-17H,10-11H2,1H3. The predicted octanol–water partition coefficient (Wildman–Crippen LogP) is 5.23. The van der Waals surface area contributed by atoms with Crippen LogP contribution in [0.25, 0.3) is 0 Å². The zero-order chi connectivity index (χ0) is 18.2. The third kappa shape index (κ3) is 4.24. The van der Waals surface area contributed by atoms with Crippen LogP contribution < -0.4 is 0 Å². The van der Waals surface area contributed by atoms with Gasteiger partial charge in [0.2, 0.25) is 5.91 Å². The minimum absolute atomic E-state index is 0.0159. The quantitative estimate of drug-likeness (QED) is 0.674. The summed E-state index contributed by atoms with van der Waals surface area (Å²) in [5.41, 5.74) is 1.17. The van der Waals surface area contributed by atoms with Gasteiger partial charge in [0.1, 0.15) is 0 Å². The molecule has 2 atom stereocenters. The van der Waals surface area contributed by atoms with Gasteiger partial charge >= 0.3 is 6.18 Å². The van der Waals surface area contributed by atoms with Gasteiger partial charge in [-0.25, -0.2) is 0 Å². The molecule has 6 heteroatoms. The van der Waals surface area contributed by atoms with Gasteiger partial charge in [-0.2, -0.15) is 13.2 Å². The van der Waals surface area contributed by atoms with Gasteiger partial charge in [-0.1, -0.05) is 40.2 Å². The van der Waals surface area contributed by atoms with Crippen molar-refractivity contribution in [2.75, 3.05) is 7.05 Å². The Morgan fingerprint density at radius 3 is 2.28 bits per heavy atom. The van der Waals surface area contributed by atoms with Crippen LogP contribution in [0.3, 0.4) is 0 Å². The third-order valence-corrected chi connectivity index (χ3v) is 5.01. The van der Waals surface area contributed by atoms with Gasteiger partial charge in [0.25, 0.3) is 0 Å². The van der Waals surface area contributed by atoms with Crippen LogP contribution in [0, 0.1) is 5.92 Å². The largest absolute Gasteiger partial charge is 0.416 e. The SMILES string of the molecule is CN(Cc1ccc(Br)cc1)C(=O)C1CC1c1ccc(C(F)(F)F)cc1. The second-order valence-corrected chi connectivity index (χ2v) is 7.30.